The molecule has 0 amide bonds. The van der Waals surface area contributed by atoms with Crippen LogP contribution in [-0.4, -0.2) is 108 Å². The molecular weight excluding hydrogens is 734 g/mol. The molecule has 5 rings (SSSR count). The third-order valence-corrected chi connectivity index (χ3v) is 8.59. The lowest BCUT2D eigenvalue weighted by atomic mass is 10.1. The summed E-state index contributed by atoms with van der Waals surface area (Å²) in [6, 6.07) is 11.8. The van der Waals surface area contributed by atoms with Gasteiger partial charge in [-0.25, -0.2) is 0 Å². The largest absolute Gasteiger partial charge is 1.00 e. The Balaban J connectivity index is 0.00000220. The maximum absolute atomic E-state index is 13.2. The molecule has 0 spiro atoms. The van der Waals surface area contributed by atoms with E-state index in [9.17, 15) is 4.79 Å². The van der Waals surface area contributed by atoms with E-state index in [1.807, 2.05) is 36.4 Å². The van der Waals surface area contributed by atoms with Crippen LogP contribution >= 0.6 is 0 Å². The van der Waals surface area contributed by atoms with Gasteiger partial charge in [-0.3, -0.25) is 4.79 Å². The number of morpholine rings is 2. The van der Waals surface area contributed by atoms with Crippen molar-refractivity contribution in [2.75, 3.05) is 93.0 Å². The Bertz CT molecular complexity index is 1030. The minimum Gasteiger partial charge on any atom is -1.00 e. The van der Waals surface area contributed by atoms with Crippen LogP contribution in [0.1, 0.15) is 41.6 Å². The van der Waals surface area contributed by atoms with Gasteiger partial charge in [0.15, 0.2) is 5.78 Å². The summed E-state index contributed by atoms with van der Waals surface area (Å²) in [5, 5.41) is 0. The van der Waals surface area contributed by atoms with E-state index >= 15 is 0 Å². The Labute approximate surface area is 273 Å². The Morgan fingerprint density at radius 3 is 1.43 bits per heavy atom. The highest BCUT2D eigenvalue weighted by Gasteiger charge is 2.28. The molecule has 222 valence electrons. The average Bonchev–Trinajstić information content (AvgIpc) is 3.20. The van der Waals surface area contributed by atoms with Crippen LogP contribution in [0, 0.1) is 0 Å². The molecule has 7 nitrogen and oxygen atoms in total. The van der Waals surface area contributed by atoms with E-state index < -0.39 is 0 Å². The summed E-state index contributed by atoms with van der Waals surface area (Å²) in [5.41, 5.74) is 3.42. The van der Waals surface area contributed by atoms with Gasteiger partial charge < -0.3 is 75.9 Å². The molecule has 0 unspecified atom stereocenters. The SMILES string of the molecule is C[N+]1(CCCCOc2ccc3c(c2)C(=O)c2cc(OCCCC[N+]4(C)CCOCC4)ccc2-3)CCOCC1.[I-].[I-]. The van der Waals surface area contributed by atoms with Crippen LogP contribution in [0.2, 0.25) is 0 Å². The van der Waals surface area contributed by atoms with E-state index in [1.165, 1.54) is 0 Å². The van der Waals surface area contributed by atoms with Crippen molar-refractivity contribution in [2.24, 2.45) is 0 Å². The van der Waals surface area contributed by atoms with Gasteiger partial charge in [0.25, 0.3) is 0 Å². The smallest absolute Gasteiger partial charge is 0.194 e. The Kier molecular flexibility index (Phi) is 13.0. The van der Waals surface area contributed by atoms with Crippen LogP contribution in [0.15, 0.2) is 36.4 Å². The molecule has 1 aliphatic carbocycles. The number of quaternary nitrogens is 2. The van der Waals surface area contributed by atoms with E-state index in [1.54, 1.807) is 0 Å². The lowest BCUT2D eigenvalue weighted by Crippen LogP contribution is -3.00. The fourth-order valence-corrected chi connectivity index (χ4v) is 5.80. The number of fused-ring (bicyclic) bond motifs is 3. The van der Waals surface area contributed by atoms with E-state index in [0.717, 1.165) is 134 Å². The zero-order chi connectivity index (χ0) is 26.4. The maximum atomic E-state index is 13.2. The van der Waals surface area contributed by atoms with Crippen molar-refractivity contribution < 1.29 is 80.7 Å². The molecule has 2 aromatic carbocycles. The molecule has 2 aliphatic heterocycles. The van der Waals surface area contributed by atoms with E-state index in [0.29, 0.717) is 13.2 Å². The van der Waals surface area contributed by atoms with Gasteiger partial charge in [-0.15, -0.1) is 0 Å². The lowest BCUT2D eigenvalue weighted by Gasteiger charge is -2.37. The molecule has 0 saturated carbocycles. The number of likely N-dealkylation sites (N-methyl/N-ethyl adjacent to an activating group) is 2. The lowest BCUT2D eigenvalue weighted by molar-refractivity contribution is -0.917. The molecule has 40 heavy (non-hydrogen) atoms. The van der Waals surface area contributed by atoms with Crippen molar-refractivity contribution in [3.05, 3.63) is 47.5 Å². The first-order chi connectivity index (χ1) is 18.4. The predicted molar refractivity (Wildman–Crippen MR) is 148 cm³/mol. The molecule has 2 aromatic rings. The monoisotopic (exact) mass is 778 g/mol. The molecule has 9 heteroatoms. The van der Waals surface area contributed by atoms with Gasteiger partial charge in [-0.05, 0) is 73.2 Å². The summed E-state index contributed by atoms with van der Waals surface area (Å²) >= 11 is 0. The highest BCUT2D eigenvalue weighted by Crippen LogP contribution is 2.40. The van der Waals surface area contributed by atoms with Crippen LogP contribution in [-0.2, 0) is 9.47 Å². The van der Waals surface area contributed by atoms with Gasteiger partial charge in [0.1, 0.15) is 37.7 Å². The predicted octanol–water partition coefficient (Wildman–Crippen LogP) is -1.82. The van der Waals surface area contributed by atoms with Gasteiger partial charge in [0.05, 0.1) is 66.8 Å². The van der Waals surface area contributed by atoms with Crippen LogP contribution in [0.4, 0.5) is 0 Å². The quantitative estimate of drug-likeness (QED) is 0.123. The number of ether oxygens (including phenoxy) is 4. The van der Waals surface area contributed by atoms with Crippen LogP contribution in [0.5, 0.6) is 11.5 Å². The number of unbranched alkanes of at least 4 members (excludes halogenated alkanes) is 2. The van der Waals surface area contributed by atoms with Crippen LogP contribution in [0.3, 0.4) is 0 Å². The zero-order valence-corrected chi connectivity index (χ0v) is 28.3. The maximum Gasteiger partial charge on any atom is 0.194 e. The summed E-state index contributed by atoms with van der Waals surface area (Å²) in [4.78, 5) is 13.2. The molecule has 0 radical (unpaired) electrons. The Hall–Kier alpha value is -0.990. The topological polar surface area (TPSA) is 54.0 Å². The molecular formula is C31H44I2N2O5. The third-order valence-electron chi connectivity index (χ3n) is 8.59. The number of halogens is 2. The standard InChI is InChI=1S/C31H44N2O5.2HI/c1-32(13-19-35-20-14-32)11-3-5-17-37-25-7-9-27-28-10-8-26(24-30(28)31(34)29(27)23-25)38-18-6-4-12-33(2)15-21-36-22-16-33;;/h7-10,23-24H,3-6,11-22H2,1-2H3;2*1H/q+2;;/p-2. The highest BCUT2D eigenvalue weighted by atomic mass is 127. The van der Waals surface area contributed by atoms with Gasteiger partial charge in [0, 0.05) is 11.1 Å². The molecule has 2 heterocycles. The van der Waals surface area contributed by atoms with E-state index in [2.05, 4.69) is 14.1 Å². The number of nitrogens with zero attached hydrogens (tertiary/aromatic N) is 2. The summed E-state index contributed by atoms with van der Waals surface area (Å²) in [5.74, 6) is 1.59. The summed E-state index contributed by atoms with van der Waals surface area (Å²) in [6.45, 7) is 11.5. The number of ketones is 1. The first kappa shape index (κ1) is 33.5. The highest BCUT2D eigenvalue weighted by molar-refractivity contribution is 6.22. The summed E-state index contributed by atoms with van der Waals surface area (Å²) in [6.07, 6.45) is 4.27. The molecule has 2 saturated heterocycles. The molecule has 2 fully saturated rings. The number of benzene rings is 2. The van der Waals surface area contributed by atoms with Gasteiger partial charge in [-0.1, -0.05) is 0 Å². The first-order valence-corrected chi connectivity index (χ1v) is 14.4. The van der Waals surface area contributed by atoms with Crippen molar-refractivity contribution in [1.82, 2.24) is 0 Å². The molecule has 0 N–H and O–H groups in total. The third kappa shape index (κ3) is 8.53. The summed E-state index contributed by atoms with van der Waals surface area (Å²) in [7, 11) is 4.63. The number of hydrogen-bond donors (Lipinski definition) is 0. The fraction of sp³-hybridized carbons (Fsp3) is 0.581. The second-order valence-electron chi connectivity index (χ2n) is 11.7. The molecule has 3 aliphatic rings. The molecule has 0 aromatic heterocycles. The second-order valence-corrected chi connectivity index (χ2v) is 11.7. The fourth-order valence-electron chi connectivity index (χ4n) is 5.80. The van der Waals surface area contributed by atoms with Crippen LogP contribution in [0.25, 0.3) is 11.1 Å². The van der Waals surface area contributed by atoms with Crippen molar-refractivity contribution in [3.8, 4) is 22.6 Å². The number of carbonyl (C=O) groups is 1. The van der Waals surface area contributed by atoms with Gasteiger partial charge >= 0.3 is 0 Å². The number of rotatable bonds is 12. The van der Waals surface area contributed by atoms with Gasteiger partial charge in [0.2, 0.25) is 0 Å². The van der Waals surface area contributed by atoms with Gasteiger partial charge in [-0.2, -0.15) is 0 Å². The number of hydrogen-bond acceptors (Lipinski definition) is 5. The first-order valence-electron chi connectivity index (χ1n) is 14.4. The minimum absolute atomic E-state index is 0. The second kappa shape index (κ2) is 15.5. The van der Waals surface area contributed by atoms with Crippen molar-refractivity contribution in [3.63, 3.8) is 0 Å². The minimum atomic E-state index is 0. The van der Waals surface area contributed by atoms with E-state index in [4.69, 9.17) is 18.9 Å². The normalized spacial score (nSPS) is 18.6. The van der Waals surface area contributed by atoms with Crippen molar-refractivity contribution in [2.45, 2.75) is 25.7 Å². The average molecular weight is 779 g/mol. The van der Waals surface area contributed by atoms with E-state index in [-0.39, 0.29) is 53.7 Å². The molecule has 0 atom stereocenters. The number of carbonyl (C=O) groups excluding carboxylic acids is 1. The van der Waals surface area contributed by atoms with Crippen molar-refractivity contribution >= 4 is 5.78 Å². The van der Waals surface area contributed by atoms with Crippen molar-refractivity contribution in [1.29, 1.82) is 0 Å². The summed E-state index contributed by atoms with van der Waals surface area (Å²) < 4.78 is 25.2. The molecule has 0 bridgehead atoms. The zero-order valence-electron chi connectivity index (χ0n) is 24.0. The Morgan fingerprint density at radius 1 is 0.625 bits per heavy atom. The Morgan fingerprint density at radius 2 is 1.02 bits per heavy atom. The van der Waals surface area contributed by atoms with Crippen LogP contribution < -0.4 is 57.4 Å².